The average molecular weight is 528 g/mol. The molecule has 2 aromatic rings. The second kappa shape index (κ2) is 12.8. The third-order valence-electron chi connectivity index (χ3n) is 4.16. The highest BCUT2D eigenvalue weighted by Crippen LogP contribution is 2.38. The highest BCUT2D eigenvalue weighted by atomic mass is 127. The van der Waals surface area contributed by atoms with Crippen LogP contribution in [-0.4, -0.2) is 39.7 Å². The highest BCUT2D eigenvalue weighted by Gasteiger charge is 2.13. The van der Waals surface area contributed by atoms with Crippen LogP contribution in [0.5, 0.6) is 17.2 Å². The lowest BCUT2D eigenvalue weighted by Gasteiger charge is -2.14. The number of benzene rings is 2. The van der Waals surface area contributed by atoms with E-state index in [1.807, 2.05) is 25.1 Å². The van der Waals surface area contributed by atoms with Crippen molar-refractivity contribution in [2.45, 2.75) is 20.0 Å². The Kier molecular flexibility index (Phi) is 10.8. The minimum Gasteiger partial charge on any atom is -0.493 e. The summed E-state index contributed by atoms with van der Waals surface area (Å²) in [4.78, 5) is 16.0. The first-order valence-electron chi connectivity index (χ1n) is 9.22. The van der Waals surface area contributed by atoms with E-state index < -0.39 is 5.91 Å². The van der Waals surface area contributed by atoms with Crippen LogP contribution in [0.1, 0.15) is 28.4 Å². The Morgan fingerprint density at radius 1 is 1.00 bits per heavy atom. The van der Waals surface area contributed by atoms with Crippen LogP contribution >= 0.6 is 24.0 Å². The molecule has 0 atom stereocenters. The van der Waals surface area contributed by atoms with E-state index in [9.17, 15) is 4.79 Å². The number of aliphatic imine (C=N–C) groups is 1. The summed E-state index contributed by atoms with van der Waals surface area (Å²) >= 11 is 0. The van der Waals surface area contributed by atoms with Gasteiger partial charge in [0.15, 0.2) is 17.5 Å². The summed E-state index contributed by atoms with van der Waals surface area (Å²) in [5, 5.41) is 6.45. The lowest BCUT2D eigenvalue weighted by atomic mass is 10.1. The molecule has 0 spiro atoms. The Labute approximate surface area is 194 Å². The van der Waals surface area contributed by atoms with Gasteiger partial charge < -0.3 is 30.6 Å². The van der Waals surface area contributed by atoms with Gasteiger partial charge in [-0.3, -0.25) is 4.79 Å². The van der Waals surface area contributed by atoms with E-state index in [0.29, 0.717) is 48.4 Å². The zero-order valence-electron chi connectivity index (χ0n) is 17.7. The smallest absolute Gasteiger partial charge is 0.248 e. The van der Waals surface area contributed by atoms with Crippen LogP contribution in [-0.2, 0) is 13.1 Å². The van der Waals surface area contributed by atoms with Crippen molar-refractivity contribution in [3.05, 3.63) is 53.1 Å². The highest BCUT2D eigenvalue weighted by molar-refractivity contribution is 14.0. The van der Waals surface area contributed by atoms with Crippen molar-refractivity contribution in [3.63, 3.8) is 0 Å². The van der Waals surface area contributed by atoms with Gasteiger partial charge in [-0.1, -0.05) is 12.1 Å². The van der Waals surface area contributed by atoms with Gasteiger partial charge >= 0.3 is 0 Å². The number of hydrogen-bond donors (Lipinski definition) is 3. The van der Waals surface area contributed by atoms with E-state index in [-0.39, 0.29) is 24.0 Å². The molecule has 9 heteroatoms. The summed E-state index contributed by atoms with van der Waals surface area (Å²) in [6.07, 6.45) is 0. The van der Waals surface area contributed by atoms with E-state index in [1.165, 1.54) is 0 Å². The molecule has 0 aliphatic carbocycles. The van der Waals surface area contributed by atoms with Gasteiger partial charge in [0, 0.05) is 18.7 Å². The first kappa shape index (κ1) is 25.3. The first-order valence-corrected chi connectivity index (χ1v) is 9.22. The number of primary amides is 1. The molecule has 1 amide bonds. The van der Waals surface area contributed by atoms with Gasteiger partial charge in [0.1, 0.15) is 0 Å². The number of nitrogens with two attached hydrogens (primary N) is 1. The maximum absolute atomic E-state index is 11.3. The molecule has 0 aliphatic heterocycles. The van der Waals surface area contributed by atoms with Crippen LogP contribution in [0.25, 0.3) is 0 Å². The fraction of sp³-hybridized carbons (Fsp3) is 0.333. The second-order valence-corrected chi connectivity index (χ2v) is 6.15. The predicted octanol–water partition coefficient (Wildman–Crippen LogP) is 2.68. The van der Waals surface area contributed by atoms with E-state index in [4.69, 9.17) is 19.9 Å². The lowest BCUT2D eigenvalue weighted by Crippen LogP contribution is -2.36. The van der Waals surface area contributed by atoms with Crippen LogP contribution in [0.3, 0.4) is 0 Å². The van der Waals surface area contributed by atoms with Crippen LogP contribution < -0.4 is 30.6 Å². The molecule has 0 aliphatic rings. The van der Waals surface area contributed by atoms with Crippen LogP contribution in [0.2, 0.25) is 0 Å². The van der Waals surface area contributed by atoms with Crippen LogP contribution in [0, 0.1) is 0 Å². The SMILES string of the molecule is CCNC(=NCc1cc(OC)c(OC)c(OC)c1)NCc1cccc(C(N)=O)c1.I. The molecule has 0 fully saturated rings. The number of methoxy groups -OCH3 is 3. The Morgan fingerprint density at radius 3 is 2.20 bits per heavy atom. The van der Waals surface area contributed by atoms with E-state index >= 15 is 0 Å². The van der Waals surface area contributed by atoms with Crippen molar-refractivity contribution in [1.82, 2.24) is 10.6 Å². The van der Waals surface area contributed by atoms with Gasteiger partial charge in [-0.05, 0) is 42.3 Å². The number of halogens is 1. The van der Waals surface area contributed by atoms with Crippen molar-refractivity contribution in [1.29, 1.82) is 0 Å². The standard InChI is InChI=1S/C21H28N4O4.HI/c1-5-23-21(24-12-14-7-6-8-16(9-14)20(22)26)25-13-15-10-17(27-2)19(29-4)18(11-15)28-3;/h6-11H,5,12-13H2,1-4H3,(H2,22,26)(H2,23,24,25);1H. The normalized spacial score (nSPS) is 10.6. The number of hydrogen-bond acceptors (Lipinski definition) is 5. The van der Waals surface area contributed by atoms with Crippen molar-refractivity contribution in [2.75, 3.05) is 27.9 Å². The fourth-order valence-corrected chi connectivity index (χ4v) is 2.76. The zero-order valence-corrected chi connectivity index (χ0v) is 20.0. The largest absolute Gasteiger partial charge is 0.493 e. The molecule has 0 radical (unpaired) electrons. The fourth-order valence-electron chi connectivity index (χ4n) is 2.76. The summed E-state index contributed by atoms with van der Waals surface area (Å²) in [6, 6.07) is 10.9. The molecule has 4 N–H and O–H groups in total. The zero-order chi connectivity index (χ0) is 21.2. The number of rotatable bonds is 9. The van der Waals surface area contributed by atoms with Gasteiger partial charge in [-0.25, -0.2) is 4.99 Å². The summed E-state index contributed by atoms with van der Waals surface area (Å²) in [6.45, 7) is 3.61. The Hall–Kier alpha value is -2.69. The molecule has 0 saturated carbocycles. The molecular weight excluding hydrogens is 499 g/mol. The quantitative estimate of drug-likeness (QED) is 0.263. The number of nitrogens with zero attached hydrogens (tertiary/aromatic N) is 1. The van der Waals surface area contributed by atoms with Crippen LogP contribution in [0.15, 0.2) is 41.4 Å². The van der Waals surface area contributed by atoms with Crippen molar-refractivity contribution in [3.8, 4) is 17.2 Å². The number of carbonyl (C=O) groups is 1. The average Bonchev–Trinajstić information content (AvgIpc) is 2.74. The van der Waals surface area contributed by atoms with E-state index in [0.717, 1.165) is 11.1 Å². The maximum Gasteiger partial charge on any atom is 0.248 e. The third-order valence-corrected chi connectivity index (χ3v) is 4.16. The number of guanidine groups is 1. The summed E-state index contributed by atoms with van der Waals surface area (Å²) in [5.74, 6) is 1.90. The number of amides is 1. The molecule has 30 heavy (non-hydrogen) atoms. The molecular formula is C21H29IN4O4. The lowest BCUT2D eigenvalue weighted by molar-refractivity contribution is 0.1000. The third kappa shape index (κ3) is 6.97. The molecule has 0 bridgehead atoms. The first-order chi connectivity index (χ1) is 14.0. The number of nitrogens with one attached hydrogen (secondary N) is 2. The molecule has 0 unspecified atom stereocenters. The molecule has 164 valence electrons. The van der Waals surface area contributed by atoms with E-state index in [1.54, 1.807) is 39.5 Å². The summed E-state index contributed by atoms with van der Waals surface area (Å²) < 4.78 is 16.1. The van der Waals surface area contributed by atoms with Crippen molar-refractivity contribution < 1.29 is 19.0 Å². The topological polar surface area (TPSA) is 107 Å². The maximum atomic E-state index is 11.3. The van der Waals surface area contributed by atoms with Gasteiger partial charge in [-0.15, -0.1) is 24.0 Å². The Bertz CT molecular complexity index is 849. The molecule has 0 aromatic heterocycles. The second-order valence-electron chi connectivity index (χ2n) is 6.15. The van der Waals surface area contributed by atoms with Gasteiger partial charge in [-0.2, -0.15) is 0 Å². The van der Waals surface area contributed by atoms with Gasteiger partial charge in [0.25, 0.3) is 0 Å². The monoisotopic (exact) mass is 528 g/mol. The van der Waals surface area contributed by atoms with Gasteiger partial charge in [0.2, 0.25) is 11.7 Å². The number of ether oxygens (including phenoxy) is 3. The Balaban J connectivity index is 0.00000450. The molecule has 0 saturated heterocycles. The molecule has 0 heterocycles. The van der Waals surface area contributed by atoms with E-state index in [2.05, 4.69) is 15.6 Å². The van der Waals surface area contributed by atoms with Crippen molar-refractivity contribution in [2.24, 2.45) is 10.7 Å². The van der Waals surface area contributed by atoms with Gasteiger partial charge in [0.05, 0.1) is 27.9 Å². The minimum absolute atomic E-state index is 0. The van der Waals surface area contributed by atoms with Crippen LogP contribution in [0.4, 0.5) is 0 Å². The Morgan fingerprint density at radius 2 is 1.67 bits per heavy atom. The van der Waals surface area contributed by atoms with Crippen molar-refractivity contribution >= 4 is 35.8 Å². The predicted molar refractivity (Wildman–Crippen MR) is 128 cm³/mol. The molecule has 2 rings (SSSR count). The molecule has 2 aromatic carbocycles. The minimum atomic E-state index is -0.449. The molecule has 8 nitrogen and oxygen atoms in total. The summed E-state index contributed by atoms with van der Waals surface area (Å²) in [7, 11) is 4.73. The summed E-state index contributed by atoms with van der Waals surface area (Å²) in [5.41, 5.74) is 7.66. The number of carbonyl (C=O) groups excluding carboxylic acids is 1.